The van der Waals surface area contributed by atoms with Gasteiger partial charge in [0.05, 0.1) is 6.54 Å². The van der Waals surface area contributed by atoms with E-state index < -0.39 is 23.5 Å². The normalized spacial score (nSPS) is 10.9. The van der Waals surface area contributed by atoms with Crippen LogP contribution in [0.5, 0.6) is 0 Å². The van der Waals surface area contributed by atoms with E-state index in [1.54, 1.807) is 20.8 Å². The van der Waals surface area contributed by atoms with Crippen molar-refractivity contribution < 1.29 is 19.1 Å². The van der Waals surface area contributed by atoms with Gasteiger partial charge in [-0.25, -0.2) is 4.79 Å². The van der Waals surface area contributed by atoms with Gasteiger partial charge >= 0.3 is 5.97 Å². The molecule has 1 amide bonds. The fraction of sp³-hybridized carbons (Fsp3) is 0.550. The van der Waals surface area contributed by atoms with E-state index in [1.165, 1.54) is 5.56 Å². The molecule has 1 unspecified atom stereocenters. The van der Waals surface area contributed by atoms with Gasteiger partial charge in [0.1, 0.15) is 17.9 Å². The monoisotopic (exact) mass is 381 g/mol. The van der Waals surface area contributed by atoms with E-state index in [-0.39, 0.29) is 19.4 Å². The Kier molecular flexibility index (Phi) is 15.9. The molecule has 7 nitrogen and oxygen atoms in total. The molecule has 0 saturated heterocycles. The van der Waals surface area contributed by atoms with Crippen molar-refractivity contribution in [1.29, 1.82) is 0 Å². The lowest BCUT2D eigenvalue weighted by Crippen LogP contribution is -2.46. The standard InChI is InChI=1S/C11H20N2O4.C7H8.C2H7N/c1-11(2,3)17-10(16)8(5-4-6-14)13-9(15)7-12;1-7-5-3-2-4-6-7;1-3-2/h6,8H,4-5,7,12H2,1-3H3,(H,13,15);2-6H,1H3;3H,1-2H3. The molecule has 0 heterocycles. The number of carbonyl (C=O) groups is 3. The Morgan fingerprint density at radius 1 is 1.19 bits per heavy atom. The first-order valence-electron chi connectivity index (χ1n) is 8.87. The molecule has 1 aromatic carbocycles. The Morgan fingerprint density at radius 2 is 1.70 bits per heavy atom. The van der Waals surface area contributed by atoms with Gasteiger partial charge in [0.15, 0.2) is 0 Å². The third-order valence-corrected chi connectivity index (χ3v) is 2.73. The van der Waals surface area contributed by atoms with Gasteiger partial charge in [-0.05, 0) is 48.2 Å². The number of benzene rings is 1. The highest BCUT2D eigenvalue weighted by molar-refractivity contribution is 5.85. The summed E-state index contributed by atoms with van der Waals surface area (Å²) in [5.74, 6) is -1.01. The molecule has 0 saturated carbocycles. The van der Waals surface area contributed by atoms with Crippen LogP contribution in [0.4, 0.5) is 0 Å². The molecule has 0 radical (unpaired) electrons. The molecule has 1 atom stereocenters. The maximum atomic E-state index is 11.7. The van der Waals surface area contributed by atoms with Gasteiger partial charge in [-0.3, -0.25) is 4.79 Å². The fourth-order valence-corrected chi connectivity index (χ4v) is 1.64. The van der Waals surface area contributed by atoms with Crippen molar-refractivity contribution >= 4 is 18.2 Å². The minimum absolute atomic E-state index is 0.175. The molecule has 0 bridgehead atoms. The molecule has 7 heteroatoms. The van der Waals surface area contributed by atoms with Crippen molar-refractivity contribution in [2.24, 2.45) is 5.73 Å². The first-order valence-corrected chi connectivity index (χ1v) is 8.87. The van der Waals surface area contributed by atoms with E-state index >= 15 is 0 Å². The van der Waals surface area contributed by atoms with Crippen LogP contribution in [-0.2, 0) is 19.1 Å². The lowest BCUT2D eigenvalue weighted by molar-refractivity contribution is -0.158. The summed E-state index contributed by atoms with van der Waals surface area (Å²) < 4.78 is 5.13. The van der Waals surface area contributed by atoms with Crippen LogP contribution in [0.3, 0.4) is 0 Å². The van der Waals surface area contributed by atoms with E-state index in [4.69, 9.17) is 10.5 Å². The van der Waals surface area contributed by atoms with E-state index in [0.717, 1.165) is 0 Å². The number of carbonyl (C=O) groups excluding carboxylic acids is 3. The highest BCUT2D eigenvalue weighted by atomic mass is 16.6. The van der Waals surface area contributed by atoms with Gasteiger partial charge in [-0.1, -0.05) is 35.9 Å². The van der Waals surface area contributed by atoms with Crippen LogP contribution in [0.25, 0.3) is 0 Å². The minimum Gasteiger partial charge on any atom is -0.458 e. The van der Waals surface area contributed by atoms with E-state index in [9.17, 15) is 14.4 Å². The molecule has 0 aliphatic heterocycles. The number of hydrogen-bond acceptors (Lipinski definition) is 6. The summed E-state index contributed by atoms with van der Waals surface area (Å²) in [5.41, 5.74) is 5.83. The van der Waals surface area contributed by atoms with Crippen molar-refractivity contribution in [3.8, 4) is 0 Å². The van der Waals surface area contributed by atoms with Gasteiger partial charge in [0.25, 0.3) is 0 Å². The average Bonchev–Trinajstić information content (AvgIpc) is 2.58. The number of aldehydes is 1. The second-order valence-electron chi connectivity index (χ2n) is 6.76. The number of nitrogens with one attached hydrogen (secondary N) is 2. The van der Waals surface area contributed by atoms with Crippen LogP contribution in [0, 0.1) is 6.92 Å². The summed E-state index contributed by atoms with van der Waals surface area (Å²) in [4.78, 5) is 33.1. The van der Waals surface area contributed by atoms with Crippen LogP contribution in [0.1, 0.15) is 39.2 Å². The lowest BCUT2D eigenvalue weighted by atomic mass is 10.1. The quantitative estimate of drug-likeness (QED) is 0.510. The molecule has 1 aromatic rings. The Bertz CT molecular complexity index is 528. The van der Waals surface area contributed by atoms with Crippen LogP contribution in [0.15, 0.2) is 30.3 Å². The van der Waals surface area contributed by atoms with Gasteiger partial charge in [-0.2, -0.15) is 0 Å². The predicted molar refractivity (Wildman–Crippen MR) is 108 cm³/mol. The molecule has 4 N–H and O–H groups in total. The van der Waals surface area contributed by atoms with Gasteiger partial charge < -0.3 is 25.9 Å². The largest absolute Gasteiger partial charge is 0.458 e. The van der Waals surface area contributed by atoms with Crippen LogP contribution >= 0.6 is 0 Å². The smallest absolute Gasteiger partial charge is 0.329 e. The van der Waals surface area contributed by atoms with Crippen LogP contribution < -0.4 is 16.4 Å². The molecular formula is C20H35N3O4. The maximum absolute atomic E-state index is 11.7. The van der Waals surface area contributed by atoms with Crippen molar-refractivity contribution in [3.05, 3.63) is 35.9 Å². The summed E-state index contributed by atoms with van der Waals surface area (Å²) in [6, 6.07) is 9.44. The zero-order valence-electron chi connectivity index (χ0n) is 17.4. The number of nitrogens with two attached hydrogens (primary N) is 1. The van der Waals surface area contributed by atoms with Gasteiger partial charge in [-0.15, -0.1) is 0 Å². The van der Waals surface area contributed by atoms with Gasteiger partial charge in [0, 0.05) is 6.42 Å². The molecule has 0 fully saturated rings. The maximum Gasteiger partial charge on any atom is 0.329 e. The zero-order valence-corrected chi connectivity index (χ0v) is 17.4. The Hall–Kier alpha value is -2.25. The molecule has 27 heavy (non-hydrogen) atoms. The highest BCUT2D eigenvalue weighted by Crippen LogP contribution is 2.10. The summed E-state index contributed by atoms with van der Waals surface area (Å²) in [6.45, 7) is 7.06. The topological polar surface area (TPSA) is 111 Å². The van der Waals surface area contributed by atoms with Crippen molar-refractivity contribution in [2.45, 2.75) is 52.2 Å². The lowest BCUT2D eigenvalue weighted by Gasteiger charge is -2.24. The summed E-state index contributed by atoms with van der Waals surface area (Å²) in [7, 11) is 3.75. The number of hydrogen-bond donors (Lipinski definition) is 3. The van der Waals surface area contributed by atoms with Crippen molar-refractivity contribution in [2.75, 3.05) is 20.6 Å². The third-order valence-electron chi connectivity index (χ3n) is 2.73. The first kappa shape index (κ1) is 27.0. The second kappa shape index (κ2) is 16.0. The van der Waals surface area contributed by atoms with Gasteiger partial charge in [0.2, 0.25) is 5.91 Å². The molecule has 154 valence electrons. The summed E-state index contributed by atoms with van der Waals surface area (Å²) >= 11 is 0. The number of ether oxygens (including phenoxy) is 1. The first-order chi connectivity index (χ1) is 12.6. The third kappa shape index (κ3) is 18.3. The minimum atomic E-state index is -0.824. The highest BCUT2D eigenvalue weighted by Gasteiger charge is 2.25. The molecule has 0 aliphatic rings. The predicted octanol–water partition coefficient (Wildman–Crippen LogP) is 1.58. The van der Waals surface area contributed by atoms with Crippen LogP contribution in [-0.4, -0.2) is 50.4 Å². The number of esters is 1. The van der Waals surface area contributed by atoms with E-state index in [1.807, 2.05) is 32.3 Å². The molecule has 0 aromatic heterocycles. The SMILES string of the molecule is CC(C)(C)OC(=O)C(CCC=O)NC(=O)CN.CNC.Cc1ccccc1. The number of rotatable bonds is 6. The molecule has 0 aliphatic carbocycles. The Labute approximate surface area is 163 Å². The van der Waals surface area contributed by atoms with Crippen molar-refractivity contribution in [3.63, 3.8) is 0 Å². The Balaban J connectivity index is 0. The molecule has 1 rings (SSSR count). The molecular weight excluding hydrogens is 346 g/mol. The van der Waals surface area contributed by atoms with Crippen molar-refractivity contribution in [1.82, 2.24) is 10.6 Å². The molecule has 0 spiro atoms. The van der Waals surface area contributed by atoms with E-state index in [0.29, 0.717) is 6.29 Å². The average molecular weight is 382 g/mol. The fourth-order valence-electron chi connectivity index (χ4n) is 1.64. The second-order valence-corrected chi connectivity index (χ2v) is 6.76. The Morgan fingerprint density at radius 3 is 2.04 bits per heavy atom. The number of aryl methyl sites for hydroxylation is 1. The number of amides is 1. The van der Waals surface area contributed by atoms with Crippen LogP contribution in [0.2, 0.25) is 0 Å². The summed E-state index contributed by atoms with van der Waals surface area (Å²) in [5, 5.41) is 5.18. The summed E-state index contributed by atoms with van der Waals surface area (Å²) in [6.07, 6.45) is 1.07. The zero-order chi connectivity index (χ0) is 21.3. The van der Waals surface area contributed by atoms with E-state index in [2.05, 4.69) is 29.7 Å².